The lowest BCUT2D eigenvalue weighted by molar-refractivity contribution is -0.123. The molecule has 5 heteroatoms. The van der Waals surface area contributed by atoms with Crippen LogP contribution in [0.1, 0.15) is 12.8 Å². The molecule has 1 saturated heterocycles. The van der Waals surface area contributed by atoms with Crippen molar-refractivity contribution in [2.45, 2.75) is 12.8 Å². The third-order valence-corrected chi connectivity index (χ3v) is 4.08. The van der Waals surface area contributed by atoms with Crippen LogP contribution in [0.5, 0.6) is 5.75 Å². The standard InChI is InChI=1S/C18H22N2O2.ClH/c21-18(20-12-14-4-3-9-19-11-14)13-22-17-8-7-15-5-1-2-6-16(15)10-17;/h1-2,5-8,10,14,19H,3-4,9,11-13H2,(H,20,21);1H. The molecule has 4 nitrogen and oxygen atoms in total. The molecule has 0 radical (unpaired) electrons. The Balaban J connectivity index is 0.00000192. The van der Waals surface area contributed by atoms with Crippen LogP contribution in [-0.2, 0) is 4.79 Å². The van der Waals surface area contributed by atoms with Gasteiger partial charge in [0, 0.05) is 6.54 Å². The molecule has 2 aromatic carbocycles. The van der Waals surface area contributed by atoms with Crippen LogP contribution in [0, 0.1) is 5.92 Å². The molecule has 1 aliphatic heterocycles. The van der Waals surface area contributed by atoms with Gasteiger partial charge in [-0.1, -0.05) is 30.3 Å². The molecule has 0 bridgehead atoms. The highest BCUT2D eigenvalue weighted by Gasteiger charge is 2.13. The number of rotatable bonds is 5. The van der Waals surface area contributed by atoms with Crippen molar-refractivity contribution in [2.75, 3.05) is 26.2 Å². The Bertz CT molecular complexity index is 642. The first-order valence-corrected chi connectivity index (χ1v) is 7.90. The topological polar surface area (TPSA) is 50.4 Å². The van der Waals surface area contributed by atoms with Crippen LogP contribution >= 0.6 is 12.4 Å². The predicted molar refractivity (Wildman–Crippen MR) is 95.3 cm³/mol. The summed E-state index contributed by atoms with van der Waals surface area (Å²) in [6.07, 6.45) is 2.37. The van der Waals surface area contributed by atoms with Gasteiger partial charge < -0.3 is 15.4 Å². The summed E-state index contributed by atoms with van der Waals surface area (Å²) in [4.78, 5) is 11.9. The number of benzene rings is 2. The average molecular weight is 335 g/mol. The quantitative estimate of drug-likeness (QED) is 0.884. The van der Waals surface area contributed by atoms with E-state index in [-0.39, 0.29) is 24.9 Å². The van der Waals surface area contributed by atoms with E-state index in [1.54, 1.807) is 0 Å². The van der Waals surface area contributed by atoms with Gasteiger partial charge >= 0.3 is 0 Å². The van der Waals surface area contributed by atoms with Gasteiger partial charge in [0.05, 0.1) is 0 Å². The van der Waals surface area contributed by atoms with Crippen molar-refractivity contribution in [3.63, 3.8) is 0 Å². The summed E-state index contributed by atoms with van der Waals surface area (Å²) in [6, 6.07) is 14.0. The number of carbonyl (C=O) groups excluding carboxylic acids is 1. The molecule has 0 saturated carbocycles. The molecule has 0 spiro atoms. The molecule has 23 heavy (non-hydrogen) atoms. The van der Waals surface area contributed by atoms with Crippen LogP contribution < -0.4 is 15.4 Å². The number of amides is 1. The van der Waals surface area contributed by atoms with Gasteiger partial charge in [0.2, 0.25) is 0 Å². The van der Waals surface area contributed by atoms with E-state index >= 15 is 0 Å². The van der Waals surface area contributed by atoms with E-state index in [9.17, 15) is 4.79 Å². The fourth-order valence-electron chi connectivity index (χ4n) is 2.81. The largest absolute Gasteiger partial charge is 0.484 e. The molecular formula is C18H23ClN2O2. The first-order chi connectivity index (χ1) is 10.8. The van der Waals surface area contributed by atoms with E-state index in [1.165, 1.54) is 18.2 Å². The van der Waals surface area contributed by atoms with Gasteiger partial charge in [-0.15, -0.1) is 12.4 Å². The molecular weight excluding hydrogens is 312 g/mol. The van der Waals surface area contributed by atoms with Gasteiger partial charge in [0.25, 0.3) is 5.91 Å². The van der Waals surface area contributed by atoms with Gasteiger partial charge in [-0.25, -0.2) is 0 Å². The second-order valence-electron chi connectivity index (χ2n) is 5.81. The third-order valence-electron chi connectivity index (χ3n) is 4.08. The SMILES string of the molecule is Cl.O=C(COc1ccc2ccccc2c1)NCC1CCCNC1. The Morgan fingerprint density at radius 3 is 2.83 bits per heavy atom. The molecule has 3 rings (SSSR count). The zero-order valence-corrected chi connectivity index (χ0v) is 13.9. The van der Waals surface area contributed by atoms with Crippen molar-refractivity contribution in [3.05, 3.63) is 42.5 Å². The molecule has 0 aromatic heterocycles. The van der Waals surface area contributed by atoms with Crippen LogP contribution in [0.25, 0.3) is 10.8 Å². The third kappa shape index (κ3) is 5.12. The monoisotopic (exact) mass is 334 g/mol. The second kappa shape index (κ2) is 8.75. The molecule has 1 amide bonds. The highest BCUT2D eigenvalue weighted by atomic mass is 35.5. The molecule has 2 N–H and O–H groups in total. The van der Waals surface area contributed by atoms with Crippen LogP contribution in [0.4, 0.5) is 0 Å². The maximum absolute atomic E-state index is 11.9. The predicted octanol–water partition coefficient (Wildman–Crippen LogP) is 2.76. The van der Waals surface area contributed by atoms with Gasteiger partial charge in [0.1, 0.15) is 5.75 Å². The van der Waals surface area contributed by atoms with Gasteiger partial charge in [-0.05, 0) is 54.8 Å². The summed E-state index contributed by atoms with van der Waals surface area (Å²) >= 11 is 0. The van der Waals surface area contributed by atoms with Crippen LogP contribution in [0.2, 0.25) is 0 Å². The number of piperidine rings is 1. The van der Waals surface area contributed by atoms with Crippen LogP contribution in [0.3, 0.4) is 0 Å². The fourth-order valence-corrected chi connectivity index (χ4v) is 2.81. The maximum Gasteiger partial charge on any atom is 0.257 e. The molecule has 1 atom stereocenters. The maximum atomic E-state index is 11.9. The highest BCUT2D eigenvalue weighted by Crippen LogP contribution is 2.20. The lowest BCUT2D eigenvalue weighted by atomic mass is 10.00. The Hall–Kier alpha value is -1.78. The summed E-state index contributed by atoms with van der Waals surface area (Å²) in [5, 5.41) is 8.60. The highest BCUT2D eigenvalue weighted by molar-refractivity contribution is 5.85. The Kier molecular flexibility index (Phi) is 6.68. The van der Waals surface area contributed by atoms with Crippen molar-refractivity contribution >= 4 is 29.1 Å². The summed E-state index contributed by atoms with van der Waals surface area (Å²) in [5.41, 5.74) is 0. The van der Waals surface area contributed by atoms with Crippen molar-refractivity contribution < 1.29 is 9.53 Å². The molecule has 1 aliphatic rings. The second-order valence-corrected chi connectivity index (χ2v) is 5.81. The van der Waals surface area contributed by atoms with E-state index in [4.69, 9.17) is 4.74 Å². The van der Waals surface area contributed by atoms with E-state index in [1.807, 2.05) is 36.4 Å². The zero-order valence-electron chi connectivity index (χ0n) is 13.1. The Morgan fingerprint density at radius 2 is 2.04 bits per heavy atom. The lowest BCUT2D eigenvalue weighted by Crippen LogP contribution is -2.39. The molecule has 1 unspecified atom stereocenters. The van der Waals surface area contributed by atoms with E-state index in [0.29, 0.717) is 5.92 Å². The van der Waals surface area contributed by atoms with Crippen molar-refractivity contribution in [1.82, 2.24) is 10.6 Å². The first-order valence-electron chi connectivity index (χ1n) is 7.90. The van der Waals surface area contributed by atoms with Crippen LogP contribution in [-0.4, -0.2) is 32.1 Å². The first kappa shape index (κ1) is 17.6. The van der Waals surface area contributed by atoms with E-state index < -0.39 is 0 Å². The molecule has 124 valence electrons. The summed E-state index contributed by atoms with van der Waals surface area (Å²) < 4.78 is 5.59. The van der Waals surface area contributed by atoms with Gasteiger partial charge in [0.15, 0.2) is 6.61 Å². The zero-order chi connectivity index (χ0) is 15.2. The number of ether oxygens (including phenoxy) is 1. The minimum Gasteiger partial charge on any atom is -0.484 e. The van der Waals surface area contributed by atoms with Gasteiger partial charge in [-0.2, -0.15) is 0 Å². The molecule has 0 aliphatic carbocycles. The number of nitrogens with one attached hydrogen (secondary N) is 2. The Labute approximate surface area is 143 Å². The molecule has 1 heterocycles. The summed E-state index contributed by atoms with van der Waals surface area (Å²) in [5.74, 6) is 1.21. The van der Waals surface area contributed by atoms with Crippen molar-refractivity contribution in [3.8, 4) is 5.75 Å². The van der Waals surface area contributed by atoms with Gasteiger partial charge in [-0.3, -0.25) is 4.79 Å². The normalized spacial score (nSPS) is 17.3. The van der Waals surface area contributed by atoms with E-state index in [2.05, 4.69) is 16.7 Å². The molecule has 1 fully saturated rings. The average Bonchev–Trinajstić information content (AvgIpc) is 2.59. The van der Waals surface area contributed by atoms with Crippen molar-refractivity contribution in [1.29, 1.82) is 0 Å². The lowest BCUT2D eigenvalue weighted by Gasteiger charge is -2.22. The number of halogens is 1. The molecule has 2 aromatic rings. The smallest absolute Gasteiger partial charge is 0.257 e. The number of hydrogen-bond donors (Lipinski definition) is 2. The number of fused-ring (bicyclic) bond motifs is 1. The summed E-state index contributed by atoms with van der Waals surface area (Å²) in [7, 11) is 0. The van der Waals surface area contributed by atoms with Crippen LogP contribution in [0.15, 0.2) is 42.5 Å². The number of carbonyl (C=O) groups is 1. The Morgan fingerprint density at radius 1 is 1.22 bits per heavy atom. The van der Waals surface area contributed by atoms with E-state index in [0.717, 1.165) is 30.8 Å². The minimum atomic E-state index is -0.0567. The number of hydrogen-bond acceptors (Lipinski definition) is 3. The summed E-state index contributed by atoms with van der Waals surface area (Å²) in [6.45, 7) is 2.88. The fraction of sp³-hybridized carbons (Fsp3) is 0.389. The van der Waals surface area contributed by atoms with Crippen molar-refractivity contribution in [2.24, 2.45) is 5.92 Å². The minimum absolute atomic E-state index is 0.